The summed E-state index contributed by atoms with van der Waals surface area (Å²) in [6.07, 6.45) is 4.71. The lowest BCUT2D eigenvalue weighted by molar-refractivity contribution is 0.102. The minimum atomic E-state index is -3.36. The third kappa shape index (κ3) is 1.98. The topological polar surface area (TPSA) is 94.3 Å². The predicted octanol–water partition coefficient (Wildman–Crippen LogP) is 0.861. The number of fused-ring (bicyclic) bond motifs is 2. The zero-order valence-corrected chi connectivity index (χ0v) is 11.6. The van der Waals surface area contributed by atoms with E-state index in [0.29, 0.717) is 11.1 Å². The molecule has 3 rings (SSSR count). The largest absolute Gasteiger partial charge is 0.382 e. The molecule has 2 aliphatic rings. The van der Waals surface area contributed by atoms with Gasteiger partial charge in [0.2, 0.25) is 0 Å². The zero-order valence-electron chi connectivity index (χ0n) is 9.92. The fourth-order valence-corrected chi connectivity index (χ4v) is 4.82. The Morgan fingerprint density at radius 1 is 1.50 bits per heavy atom. The Labute approximate surface area is 110 Å². The van der Waals surface area contributed by atoms with Gasteiger partial charge in [-0.2, -0.15) is 4.37 Å². The van der Waals surface area contributed by atoms with Crippen molar-refractivity contribution in [3.63, 3.8) is 0 Å². The van der Waals surface area contributed by atoms with Crippen molar-refractivity contribution in [3.05, 3.63) is 0 Å². The molecule has 1 aromatic heterocycles. The van der Waals surface area contributed by atoms with Gasteiger partial charge in [0.1, 0.15) is 9.90 Å². The van der Waals surface area contributed by atoms with E-state index in [4.69, 9.17) is 10.5 Å². The van der Waals surface area contributed by atoms with Crippen LogP contribution in [0.15, 0.2) is 4.90 Å². The molecule has 3 unspecified atom stereocenters. The van der Waals surface area contributed by atoms with E-state index in [2.05, 4.69) is 9.69 Å². The van der Waals surface area contributed by atoms with Crippen molar-refractivity contribution >= 4 is 32.2 Å². The van der Waals surface area contributed by atoms with Gasteiger partial charge in [0, 0.05) is 6.26 Å². The van der Waals surface area contributed by atoms with Crippen LogP contribution in [0.1, 0.15) is 19.3 Å². The third-order valence-electron chi connectivity index (χ3n) is 3.47. The second-order valence-electron chi connectivity index (χ2n) is 4.86. The summed E-state index contributed by atoms with van der Waals surface area (Å²) in [4.78, 5) is 0.121. The summed E-state index contributed by atoms with van der Waals surface area (Å²) < 4.78 is 33.0. The van der Waals surface area contributed by atoms with Crippen LogP contribution in [0.3, 0.4) is 0 Å². The first-order valence-corrected chi connectivity index (χ1v) is 8.49. The van der Waals surface area contributed by atoms with E-state index in [-0.39, 0.29) is 22.9 Å². The molecule has 0 aromatic carbocycles. The van der Waals surface area contributed by atoms with Crippen LogP contribution in [-0.4, -0.2) is 37.3 Å². The maximum atomic E-state index is 11.7. The number of nitrogens with two attached hydrogens (primary N) is 1. The van der Waals surface area contributed by atoms with Gasteiger partial charge in [0.15, 0.2) is 15.7 Å². The lowest BCUT2D eigenvalue weighted by Gasteiger charge is -2.20. The van der Waals surface area contributed by atoms with Gasteiger partial charge in [-0.25, -0.2) is 8.42 Å². The van der Waals surface area contributed by atoms with Gasteiger partial charge < -0.3 is 15.8 Å². The number of hydrogen-bond donors (Lipinski definition) is 2. The average Bonchev–Trinajstić information content (AvgIpc) is 2.92. The fraction of sp³-hybridized carbons (Fsp3) is 0.700. The van der Waals surface area contributed by atoms with Crippen LogP contribution in [0.2, 0.25) is 0 Å². The second-order valence-corrected chi connectivity index (χ2v) is 7.58. The quantitative estimate of drug-likeness (QED) is 0.857. The average molecular weight is 289 g/mol. The molecule has 2 saturated heterocycles. The molecule has 8 heteroatoms. The summed E-state index contributed by atoms with van der Waals surface area (Å²) in [5.41, 5.74) is 5.63. The Bertz CT molecular complexity index is 569. The van der Waals surface area contributed by atoms with Crippen LogP contribution in [0.5, 0.6) is 0 Å². The van der Waals surface area contributed by atoms with Crippen molar-refractivity contribution < 1.29 is 13.2 Å². The highest BCUT2D eigenvalue weighted by atomic mass is 32.2. The normalized spacial score (nSPS) is 30.8. The van der Waals surface area contributed by atoms with E-state index in [1.807, 2.05) is 0 Å². The van der Waals surface area contributed by atoms with Gasteiger partial charge in [-0.3, -0.25) is 0 Å². The van der Waals surface area contributed by atoms with Crippen LogP contribution >= 0.6 is 11.5 Å². The molecular formula is C10H15N3O3S2. The van der Waals surface area contributed by atoms with Crippen molar-refractivity contribution in [1.29, 1.82) is 0 Å². The highest BCUT2D eigenvalue weighted by molar-refractivity contribution is 7.91. The number of ether oxygens (including phenoxy) is 1. The molecule has 18 heavy (non-hydrogen) atoms. The zero-order chi connectivity index (χ0) is 12.9. The smallest absolute Gasteiger partial charge is 0.182 e. The van der Waals surface area contributed by atoms with Gasteiger partial charge in [0.25, 0.3) is 0 Å². The first-order chi connectivity index (χ1) is 8.45. The molecule has 100 valence electrons. The third-order valence-corrected chi connectivity index (χ3v) is 5.54. The number of nitrogens with one attached hydrogen (secondary N) is 1. The molecule has 0 spiro atoms. The SMILES string of the molecule is CS(=O)(=O)c1c(N)nsc1NC1CC2CCC1O2. The Morgan fingerprint density at radius 2 is 2.28 bits per heavy atom. The van der Waals surface area contributed by atoms with Gasteiger partial charge >= 0.3 is 0 Å². The van der Waals surface area contributed by atoms with Crippen LogP contribution in [-0.2, 0) is 14.6 Å². The summed E-state index contributed by atoms with van der Waals surface area (Å²) in [6, 6.07) is 0.170. The van der Waals surface area contributed by atoms with Crippen LogP contribution in [0.25, 0.3) is 0 Å². The number of rotatable bonds is 3. The molecule has 2 bridgehead atoms. The highest BCUT2D eigenvalue weighted by Gasteiger charge is 2.41. The van der Waals surface area contributed by atoms with Crippen LogP contribution in [0.4, 0.5) is 10.8 Å². The second kappa shape index (κ2) is 4.07. The van der Waals surface area contributed by atoms with Gasteiger partial charge in [0.05, 0.1) is 18.2 Å². The molecule has 0 aliphatic carbocycles. The van der Waals surface area contributed by atoms with Crippen LogP contribution in [0, 0.1) is 0 Å². The van der Waals surface area contributed by atoms with E-state index < -0.39 is 9.84 Å². The van der Waals surface area contributed by atoms with Crippen LogP contribution < -0.4 is 11.1 Å². The van der Waals surface area contributed by atoms with E-state index in [9.17, 15) is 8.42 Å². The van der Waals surface area contributed by atoms with Gasteiger partial charge in [-0.15, -0.1) is 0 Å². The number of anilines is 2. The molecule has 6 nitrogen and oxygen atoms in total. The predicted molar refractivity (Wildman–Crippen MR) is 69.6 cm³/mol. The molecule has 3 atom stereocenters. The van der Waals surface area contributed by atoms with Crippen molar-refractivity contribution in [2.75, 3.05) is 17.3 Å². The van der Waals surface area contributed by atoms with Gasteiger partial charge in [-0.1, -0.05) is 0 Å². The lowest BCUT2D eigenvalue weighted by atomic mass is 9.96. The molecule has 3 N–H and O–H groups in total. The number of aromatic nitrogens is 1. The minimum absolute atomic E-state index is 0.0778. The summed E-state index contributed by atoms with van der Waals surface area (Å²) in [6.45, 7) is 0. The Morgan fingerprint density at radius 3 is 2.83 bits per heavy atom. The van der Waals surface area contributed by atoms with E-state index >= 15 is 0 Å². The number of hydrogen-bond acceptors (Lipinski definition) is 7. The molecule has 0 amide bonds. The van der Waals surface area contributed by atoms with Crippen molar-refractivity contribution in [1.82, 2.24) is 4.37 Å². The molecule has 0 radical (unpaired) electrons. The maximum absolute atomic E-state index is 11.7. The molecule has 2 fully saturated rings. The molecule has 0 saturated carbocycles. The van der Waals surface area contributed by atoms with E-state index in [0.717, 1.165) is 37.1 Å². The van der Waals surface area contributed by atoms with E-state index in [1.165, 1.54) is 0 Å². The number of nitrogen functional groups attached to an aromatic ring is 1. The fourth-order valence-electron chi connectivity index (χ4n) is 2.70. The maximum Gasteiger partial charge on any atom is 0.182 e. The monoisotopic (exact) mass is 289 g/mol. The first kappa shape index (κ1) is 12.2. The summed E-state index contributed by atoms with van der Waals surface area (Å²) >= 11 is 1.10. The van der Waals surface area contributed by atoms with E-state index in [1.54, 1.807) is 0 Å². The number of sulfone groups is 1. The number of nitrogens with zero attached hydrogens (tertiary/aromatic N) is 1. The van der Waals surface area contributed by atoms with Crippen molar-refractivity contribution in [3.8, 4) is 0 Å². The molecule has 2 aliphatic heterocycles. The highest BCUT2D eigenvalue weighted by Crippen LogP contribution is 2.39. The molecular weight excluding hydrogens is 274 g/mol. The van der Waals surface area contributed by atoms with Crippen molar-refractivity contribution in [2.45, 2.75) is 42.4 Å². The van der Waals surface area contributed by atoms with Crippen molar-refractivity contribution in [2.24, 2.45) is 0 Å². The summed E-state index contributed by atoms with van der Waals surface area (Å²) in [7, 11) is -3.36. The molecule has 3 heterocycles. The standard InChI is InChI=1S/C10H15N3O3S2/c1-18(14,15)8-9(11)13-17-10(8)12-6-4-5-2-3-7(6)16-5/h5-7,12H,2-4H2,1H3,(H2,11,13). The minimum Gasteiger partial charge on any atom is -0.382 e. The first-order valence-electron chi connectivity index (χ1n) is 5.82. The Balaban J connectivity index is 1.86. The summed E-state index contributed by atoms with van der Waals surface area (Å²) in [5, 5.41) is 3.78. The Hall–Kier alpha value is -0.860. The summed E-state index contributed by atoms with van der Waals surface area (Å²) in [5.74, 6) is 0.0778. The molecule has 1 aromatic rings. The van der Waals surface area contributed by atoms with Gasteiger partial charge in [-0.05, 0) is 30.8 Å². The Kier molecular flexibility index (Phi) is 2.76. The lowest BCUT2D eigenvalue weighted by Crippen LogP contribution is -2.30.